The minimum Gasteiger partial charge on any atom is -0.481 e. The number of benzene rings is 2. The predicted molar refractivity (Wildman–Crippen MR) is 259 cm³/mol. The molecule has 22 nitrogen and oxygen atoms in total. The summed E-state index contributed by atoms with van der Waals surface area (Å²) in [6.45, 7) is 6.40. The minimum atomic E-state index is -1.87. The molecule has 2 aromatic rings. The Labute approximate surface area is 413 Å². The number of piperidine rings is 1. The molecule has 4 rings (SSSR count). The summed E-state index contributed by atoms with van der Waals surface area (Å²) in [6, 6.07) is 6.88. The smallest absolute Gasteiger partial charge is 0.329 e. The Morgan fingerprint density at radius 3 is 2.03 bits per heavy atom. The van der Waals surface area contributed by atoms with E-state index in [1.165, 1.54) is 14.0 Å². The van der Waals surface area contributed by atoms with Gasteiger partial charge in [0.1, 0.15) is 54.6 Å². The van der Waals surface area contributed by atoms with Crippen molar-refractivity contribution in [2.45, 2.75) is 153 Å². The van der Waals surface area contributed by atoms with E-state index in [1.54, 1.807) is 74.5 Å². The summed E-state index contributed by atoms with van der Waals surface area (Å²) in [7, 11) is 1.38. The molecule has 22 heteroatoms. The molecule has 9 atom stereocenters. The highest BCUT2D eigenvalue weighted by atomic mass is 16.5. The quantitative estimate of drug-likeness (QED) is 0.0403. The van der Waals surface area contributed by atoms with E-state index in [0.717, 1.165) is 16.2 Å². The first-order chi connectivity index (χ1) is 33.7. The zero-order valence-corrected chi connectivity index (χ0v) is 41.0. The van der Waals surface area contributed by atoms with Crippen molar-refractivity contribution in [3.8, 4) is 0 Å². The van der Waals surface area contributed by atoms with Crippen molar-refractivity contribution in [1.82, 2.24) is 36.4 Å². The number of carboxylic acids is 1. The number of ether oxygens (including phenoxy) is 1. The maximum absolute atomic E-state index is 15.0. The SMILES string of the molecule is CCCCCC(=O)N[C@@H](CC(=O)O)C(=O)N[C@@H]1C(=O)N[C@@H](CCCN=C(N)N)C(=O)N[C@H]2CC[C@@H](O)N(C2=O)[C@H](Cc2ccccc2)C(=O)N(C)[C@H](Cc2ccccc2)C(=O)N[C@@H](C(C)C)C(=O)O[C@H]1C. The van der Waals surface area contributed by atoms with Gasteiger partial charge in [-0.3, -0.25) is 43.3 Å². The average Bonchev–Trinajstić information content (AvgIpc) is 3.32. The van der Waals surface area contributed by atoms with Gasteiger partial charge in [-0.05, 0) is 56.1 Å². The first-order valence-corrected chi connectivity index (χ1v) is 24.0. The fraction of sp³-hybridized carbons (Fsp3) is 0.551. The van der Waals surface area contributed by atoms with Crippen molar-refractivity contribution >= 4 is 59.2 Å². The summed E-state index contributed by atoms with van der Waals surface area (Å²) < 4.78 is 5.85. The summed E-state index contributed by atoms with van der Waals surface area (Å²) >= 11 is 0. The number of fused-ring (bicyclic) bond motifs is 2. The maximum Gasteiger partial charge on any atom is 0.329 e. The number of nitrogens with zero attached hydrogens (tertiary/aromatic N) is 3. The lowest BCUT2D eigenvalue weighted by atomic mass is 9.95. The molecule has 2 heterocycles. The van der Waals surface area contributed by atoms with Crippen LogP contribution in [0.15, 0.2) is 65.7 Å². The van der Waals surface area contributed by atoms with Gasteiger partial charge >= 0.3 is 11.9 Å². The number of carbonyl (C=O) groups excluding carboxylic acids is 8. The van der Waals surface area contributed by atoms with Crippen molar-refractivity contribution < 1.29 is 58.1 Å². The van der Waals surface area contributed by atoms with E-state index in [-0.39, 0.29) is 57.5 Å². The Bertz CT molecular complexity index is 2210. The Balaban J connectivity index is 1.87. The van der Waals surface area contributed by atoms with Crippen LogP contribution in [-0.4, -0.2) is 147 Å². The molecule has 0 unspecified atom stereocenters. The molecule has 7 amide bonds. The second-order valence-corrected chi connectivity index (χ2v) is 18.3. The third kappa shape index (κ3) is 16.8. The average molecular weight is 991 g/mol. The van der Waals surface area contributed by atoms with Crippen molar-refractivity contribution in [2.24, 2.45) is 22.4 Å². The van der Waals surface area contributed by atoms with Crippen molar-refractivity contribution in [1.29, 1.82) is 0 Å². The summed E-state index contributed by atoms with van der Waals surface area (Å²) in [5.41, 5.74) is 12.3. The molecule has 0 radical (unpaired) electrons. The van der Waals surface area contributed by atoms with Gasteiger partial charge in [-0.2, -0.15) is 0 Å². The van der Waals surface area contributed by atoms with Crippen LogP contribution in [0.2, 0.25) is 0 Å². The van der Waals surface area contributed by atoms with Crippen LogP contribution in [-0.2, 0) is 60.7 Å². The molecule has 2 aliphatic heterocycles. The molecule has 0 saturated carbocycles. The second-order valence-electron chi connectivity index (χ2n) is 18.3. The third-order valence-electron chi connectivity index (χ3n) is 12.4. The van der Waals surface area contributed by atoms with E-state index in [1.807, 2.05) is 6.92 Å². The molecule has 2 fully saturated rings. The first-order valence-electron chi connectivity index (χ1n) is 24.0. The number of nitrogens with one attached hydrogen (secondary N) is 5. The van der Waals surface area contributed by atoms with Crippen molar-refractivity contribution in [3.05, 3.63) is 71.8 Å². The molecule has 11 N–H and O–H groups in total. The summed E-state index contributed by atoms with van der Waals surface area (Å²) in [4.78, 5) is 132. The normalized spacial score (nSPS) is 24.2. The highest BCUT2D eigenvalue weighted by molar-refractivity contribution is 5.99. The summed E-state index contributed by atoms with van der Waals surface area (Å²) in [5, 5.41) is 34.1. The second kappa shape index (κ2) is 27.3. The van der Waals surface area contributed by atoms with Gasteiger partial charge in [0.05, 0.1) is 6.42 Å². The van der Waals surface area contributed by atoms with E-state index in [4.69, 9.17) is 16.2 Å². The molecule has 388 valence electrons. The van der Waals surface area contributed by atoms with E-state index in [0.29, 0.717) is 24.0 Å². The molecule has 71 heavy (non-hydrogen) atoms. The molecular weight excluding hydrogens is 921 g/mol. The van der Waals surface area contributed by atoms with Crippen LogP contribution in [0.4, 0.5) is 0 Å². The number of amides is 7. The molecular formula is C49H70N10O12. The van der Waals surface area contributed by atoms with E-state index in [9.17, 15) is 48.6 Å². The van der Waals surface area contributed by atoms with Gasteiger partial charge < -0.3 is 62.8 Å². The lowest BCUT2D eigenvalue weighted by Crippen LogP contribution is -2.65. The number of hydrogen-bond acceptors (Lipinski definition) is 12. The summed E-state index contributed by atoms with van der Waals surface area (Å²) in [5.74, 6) is -9.55. The van der Waals surface area contributed by atoms with Crippen LogP contribution in [0.3, 0.4) is 0 Å². The fourth-order valence-corrected chi connectivity index (χ4v) is 8.39. The van der Waals surface area contributed by atoms with Crippen LogP contribution in [0.25, 0.3) is 0 Å². The van der Waals surface area contributed by atoms with Gasteiger partial charge in [0.15, 0.2) is 5.96 Å². The van der Waals surface area contributed by atoms with Crippen molar-refractivity contribution in [2.75, 3.05) is 13.6 Å². The number of likely N-dealkylation sites (N-methyl/N-ethyl adjacent to an activating group) is 1. The summed E-state index contributed by atoms with van der Waals surface area (Å²) in [6.07, 6.45) is -2.50. The lowest BCUT2D eigenvalue weighted by molar-refractivity contribution is -0.165. The Hall–Kier alpha value is -7.10. The lowest BCUT2D eigenvalue weighted by Gasteiger charge is -2.43. The van der Waals surface area contributed by atoms with Crippen molar-refractivity contribution in [3.63, 3.8) is 0 Å². The zero-order valence-electron chi connectivity index (χ0n) is 41.0. The van der Waals surface area contributed by atoms with E-state index < -0.39 is 120 Å². The minimum absolute atomic E-state index is 0.00229. The van der Waals surface area contributed by atoms with Gasteiger partial charge in [0.25, 0.3) is 0 Å². The number of nitrogens with two attached hydrogens (primary N) is 2. The predicted octanol–water partition coefficient (Wildman–Crippen LogP) is -0.258. The highest BCUT2D eigenvalue weighted by Gasteiger charge is 2.46. The molecule has 0 spiro atoms. The number of carbonyl (C=O) groups is 9. The van der Waals surface area contributed by atoms with Gasteiger partial charge in [-0.1, -0.05) is 94.3 Å². The van der Waals surface area contributed by atoms with Gasteiger partial charge in [-0.15, -0.1) is 0 Å². The van der Waals surface area contributed by atoms with Crippen LogP contribution in [0, 0.1) is 5.92 Å². The number of carboxylic acid groups (broad SMARTS) is 1. The number of unbranched alkanes of at least 4 members (excludes halogenated alkanes) is 2. The van der Waals surface area contributed by atoms with E-state index >= 15 is 4.79 Å². The van der Waals surface area contributed by atoms with Gasteiger partial charge in [-0.25, -0.2) is 4.79 Å². The van der Waals surface area contributed by atoms with Crippen LogP contribution >= 0.6 is 0 Å². The maximum atomic E-state index is 15.0. The number of aliphatic hydroxyl groups excluding tert-OH is 1. The topological polar surface area (TPSA) is 334 Å². The number of aliphatic carboxylic acids is 1. The van der Waals surface area contributed by atoms with Crippen LogP contribution in [0.1, 0.15) is 96.6 Å². The number of hydrogen-bond donors (Lipinski definition) is 9. The molecule has 2 bridgehead atoms. The Morgan fingerprint density at radius 2 is 1.45 bits per heavy atom. The number of guanidine groups is 1. The van der Waals surface area contributed by atoms with E-state index in [2.05, 4.69) is 31.6 Å². The molecule has 2 aliphatic rings. The fourth-order valence-electron chi connectivity index (χ4n) is 8.39. The monoisotopic (exact) mass is 991 g/mol. The largest absolute Gasteiger partial charge is 0.481 e. The number of aliphatic hydroxyl groups is 1. The molecule has 2 aromatic carbocycles. The molecule has 0 aromatic heterocycles. The number of esters is 1. The van der Waals surface area contributed by atoms with Crippen LogP contribution in [0.5, 0.6) is 0 Å². The van der Waals surface area contributed by atoms with Gasteiger partial charge in [0.2, 0.25) is 41.4 Å². The standard InChI is InChI=1S/C49H70N10O12/c1-6-7-10-21-37(60)53-34(27-39(62)63)43(65)57-41-29(4)71-48(70)40(28(2)3)56-44(66)35(25-30-16-11-8-12-17-30)58(5)47(69)36(26-31-18-13-9-14-19-31)59-38(61)23-22-33(46(59)68)55-42(64)32(54-45(41)67)20-15-24-52-49(50)51/h8-9,11-14,16-19,28-29,32-36,38,40-41,61H,6-7,10,15,20-27H2,1-5H3,(H,53,60)(H,54,67)(H,55,64)(H,56,66)(H,57,65)(H,62,63)(H4,50,51,52)/t29-,32-,33-,34-,35+,36+,38+,40-,41-/m0/s1. The zero-order chi connectivity index (χ0) is 52.4. The number of rotatable bonds is 18. The first kappa shape index (κ1) is 56.5. The molecule has 0 aliphatic carbocycles. The number of cyclic esters (lactones) is 1. The van der Waals surface area contributed by atoms with Crippen LogP contribution < -0.4 is 38.1 Å². The Morgan fingerprint density at radius 1 is 0.831 bits per heavy atom. The third-order valence-corrected chi connectivity index (χ3v) is 12.4. The Kier molecular flexibility index (Phi) is 21.7. The highest BCUT2D eigenvalue weighted by Crippen LogP contribution is 2.25. The van der Waals surface area contributed by atoms with Gasteiger partial charge in [0, 0.05) is 32.9 Å². The molecule has 2 saturated heterocycles. The number of aliphatic imine (C=N–C) groups is 1.